The number of rotatable bonds is 4. The third-order valence-electron chi connectivity index (χ3n) is 12.5. The highest BCUT2D eigenvalue weighted by atomic mass is 15.0. The summed E-state index contributed by atoms with van der Waals surface area (Å²) in [6, 6.07) is 27.6. The van der Waals surface area contributed by atoms with E-state index < -0.39 is 0 Å². The van der Waals surface area contributed by atoms with Gasteiger partial charge in [0.05, 0.1) is 33.5 Å². The van der Waals surface area contributed by atoms with Gasteiger partial charge in [-0.3, -0.25) is 0 Å². The minimum atomic E-state index is -0.247. The average molecular weight is 726 g/mol. The fourth-order valence-electron chi connectivity index (χ4n) is 9.07. The van der Waals surface area contributed by atoms with Gasteiger partial charge in [-0.15, -0.1) is 22.8 Å². The van der Waals surface area contributed by atoms with E-state index in [4.69, 9.17) is 6.42 Å². The molecule has 0 spiro atoms. The number of hydrogen-bond acceptors (Lipinski definition) is 0. The maximum absolute atomic E-state index is 6.33. The second-order valence-electron chi connectivity index (χ2n) is 19.2. The predicted molar refractivity (Wildman–Crippen MR) is 263 cm³/mol. The molecule has 0 saturated carbocycles. The largest absolute Gasteiger partial charge is 0.309 e. The normalized spacial score (nSPS) is 12.7. The van der Waals surface area contributed by atoms with E-state index >= 15 is 0 Å². The molecule has 0 aliphatic heterocycles. The van der Waals surface area contributed by atoms with E-state index in [1.807, 2.05) is 0 Å². The SMILES string of the molecule is Bc1c(B)c(B)c(-c2cccc3c2c2c(C(C)(C)C)c(-n4c(/C=C\C)c(C#C)c5ccccc54)ccc2n3-c2cc(C(C)(C)C)cc(C(C)(C)C)c2)c(B)c1B. The monoisotopic (exact) mass is 726 g/mol. The number of allylic oxidation sites excluding steroid dienone is 1. The highest BCUT2D eigenvalue weighted by Gasteiger charge is 2.31. The Morgan fingerprint density at radius 1 is 0.589 bits per heavy atom. The van der Waals surface area contributed by atoms with Crippen molar-refractivity contribution >= 4 is 105 Å². The van der Waals surface area contributed by atoms with Crippen LogP contribution in [0, 0.1) is 12.3 Å². The summed E-state index contributed by atoms with van der Waals surface area (Å²) in [4.78, 5) is 0. The Labute approximate surface area is 340 Å². The molecule has 7 heteroatoms. The molecule has 0 aliphatic rings. The lowest BCUT2D eigenvalue weighted by molar-refractivity contribution is 0.568. The van der Waals surface area contributed by atoms with Crippen LogP contribution >= 0.6 is 0 Å². The second-order valence-corrected chi connectivity index (χ2v) is 19.2. The molecule has 7 aromatic rings. The van der Waals surface area contributed by atoms with Gasteiger partial charge < -0.3 is 9.13 Å². The van der Waals surface area contributed by atoms with Gasteiger partial charge in [0.2, 0.25) is 0 Å². The van der Waals surface area contributed by atoms with Crippen LogP contribution in [-0.2, 0) is 16.2 Å². The number of nitrogens with zero attached hydrogens (tertiary/aromatic N) is 2. The lowest BCUT2D eigenvalue weighted by Gasteiger charge is -2.27. The van der Waals surface area contributed by atoms with Crippen LogP contribution in [0.25, 0.3) is 61.3 Å². The topological polar surface area (TPSA) is 9.86 Å². The first-order valence-electron chi connectivity index (χ1n) is 20.3. The molecular weight excluding hydrogens is 671 g/mol. The van der Waals surface area contributed by atoms with Crippen LogP contribution in [0.15, 0.2) is 78.9 Å². The third-order valence-corrected chi connectivity index (χ3v) is 12.5. The summed E-state index contributed by atoms with van der Waals surface area (Å²) in [6.07, 6.45) is 10.6. The Hall–Kier alpha value is -4.94. The van der Waals surface area contributed by atoms with Crippen molar-refractivity contribution < 1.29 is 0 Å². The molecule has 7 rings (SSSR count). The lowest BCUT2D eigenvalue weighted by atomic mass is 9.59. The molecule has 56 heavy (non-hydrogen) atoms. The van der Waals surface area contributed by atoms with Crippen LogP contribution in [0.5, 0.6) is 0 Å². The number of fused-ring (bicyclic) bond motifs is 4. The molecule has 0 bridgehead atoms. The quantitative estimate of drug-likeness (QED) is 0.186. The first kappa shape index (κ1) is 39.3. The molecule has 0 saturated heterocycles. The van der Waals surface area contributed by atoms with Gasteiger partial charge in [-0.2, -0.15) is 0 Å². The Kier molecular flexibility index (Phi) is 9.56. The molecule has 2 nitrogen and oxygen atoms in total. The van der Waals surface area contributed by atoms with Crippen LogP contribution in [0.1, 0.15) is 97.2 Å². The Morgan fingerprint density at radius 3 is 1.70 bits per heavy atom. The first-order valence-corrected chi connectivity index (χ1v) is 20.3. The molecule has 0 atom stereocenters. The molecule has 0 radical (unpaired) electrons. The summed E-state index contributed by atoms with van der Waals surface area (Å²) in [6.45, 7) is 23.1. The van der Waals surface area contributed by atoms with Crippen molar-refractivity contribution in [1.82, 2.24) is 9.13 Å². The van der Waals surface area contributed by atoms with Crippen LogP contribution in [-0.4, -0.2) is 48.4 Å². The molecular formula is C49H55B5N2. The van der Waals surface area contributed by atoms with Gasteiger partial charge in [0.1, 0.15) is 39.2 Å². The minimum Gasteiger partial charge on any atom is -0.309 e. The molecule has 0 unspecified atom stereocenters. The van der Waals surface area contributed by atoms with Gasteiger partial charge in [0.25, 0.3) is 0 Å². The minimum absolute atomic E-state index is 0.0255. The molecule has 276 valence electrons. The van der Waals surface area contributed by atoms with Crippen molar-refractivity contribution in [2.24, 2.45) is 0 Å². The highest BCUT2D eigenvalue weighted by Crippen LogP contribution is 2.46. The Morgan fingerprint density at radius 2 is 1.14 bits per heavy atom. The molecule has 0 fully saturated rings. The predicted octanol–water partition coefficient (Wildman–Crippen LogP) is 4.59. The van der Waals surface area contributed by atoms with Gasteiger partial charge in [-0.05, 0) is 93.5 Å². The van der Waals surface area contributed by atoms with E-state index in [1.54, 1.807) is 0 Å². The number of hydrogen-bond donors (Lipinski definition) is 0. The first-order chi connectivity index (χ1) is 26.2. The molecule has 0 amide bonds. The van der Waals surface area contributed by atoms with Crippen molar-refractivity contribution in [3.63, 3.8) is 0 Å². The maximum Gasteiger partial charge on any atom is 0.139 e. The summed E-state index contributed by atoms with van der Waals surface area (Å²) in [5.74, 6) is 3.08. The maximum atomic E-state index is 6.33. The van der Waals surface area contributed by atoms with E-state index in [-0.39, 0.29) is 16.2 Å². The van der Waals surface area contributed by atoms with Gasteiger partial charge >= 0.3 is 0 Å². The lowest BCUT2D eigenvalue weighted by Crippen LogP contribution is -2.55. The third kappa shape index (κ3) is 6.12. The van der Waals surface area contributed by atoms with Crippen LogP contribution in [0.2, 0.25) is 0 Å². The van der Waals surface area contributed by atoms with Crippen molar-refractivity contribution in [3.05, 3.63) is 107 Å². The smallest absolute Gasteiger partial charge is 0.139 e. The van der Waals surface area contributed by atoms with Crippen molar-refractivity contribution in [3.8, 4) is 34.8 Å². The van der Waals surface area contributed by atoms with Gasteiger partial charge in [-0.25, -0.2) is 0 Å². The molecule has 0 N–H and O–H groups in total. The summed E-state index contributed by atoms with van der Waals surface area (Å²) in [5.41, 5.74) is 21.0. The second kappa shape index (κ2) is 13.6. The Bertz CT molecular complexity index is 2760. The number of benzene rings is 5. The molecule has 2 heterocycles. The van der Waals surface area contributed by atoms with E-state index in [2.05, 4.69) is 208 Å². The van der Waals surface area contributed by atoms with Gasteiger partial charge in [-0.1, -0.05) is 122 Å². The van der Waals surface area contributed by atoms with E-state index in [9.17, 15) is 0 Å². The highest BCUT2D eigenvalue weighted by molar-refractivity contribution is 6.69. The fourth-order valence-corrected chi connectivity index (χ4v) is 9.07. The summed E-state index contributed by atoms with van der Waals surface area (Å²) in [5, 5.41) is 3.68. The zero-order valence-corrected chi connectivity index (χ0v) is 36.6. The van der Waals surface area contributed by atoms with E-state index in [0.717, 1.165) is 27.8 Å². The molecule has 5 aromatic carbocycles. The van der Waals surface area contributed by atoms with Crippen LogP contribution in [0.3, 0.4) is 0 Å². The molecule has 0 aliphatic carbocycles. The van der Waals surface area contributed by atoms with Crippen LogP contribution < -0.4 is 27.3 Å². The van der Waals surface area contributed by atoms with Crippen molar-refractivity contribution in [1.29, 1.82) is 0 Å². The fraction of sp³-hybridized carbons (Fsp3) is 0.265. The van der Waals surface area contributed by atoms with E-state index in [0.29, 0.717) is 0 Å². The van der Waals surface area contributed by atoms with Crippen molar-refractivity contribution in [2.75, 3.05) is 0 Å². The number of terminal acetylenes is 1. The van der Waals surface area contributed by atoms with Gasteiger partial charge in [0.15, 0.2) is 0 Å². The zero-order valence-electron chi connectivity index (χ0n) is 36.6. The Balaban J connectivity index is 1.79. The van der Waals surface area contributed by atoms with Crippen LogP contribution in [0.4, 0.5) is 0 Å². The number of aromatic nitrogens is 2. The summed E-state index contributed by atoms with van der Waals surface area (Å²) < 4.78 is 4.98. The van der Waals surface area contributed by atoms with Crippen molar-refractivity contribution in [2.45, 2.75) is 85.5 Å². The summed E-state index contributed by atoms with van der Waals surface area (Å²) in [7, 11) is 11.5. The van der Waals surface area contributed by atoms with Gasteiger partial charge in [0, 0.05) is 21.8 Å². The summed E-state index contributed by atoms with van der Waals surface area (Å²) >= 11 is 0. The zero-order chi connectivity index (χ0) is 40.8. The average Bonchev–Trinajstić information content (AvgIpc) is 3.64. The number of para-hydroxylation sites is 1. The molecule has 2 aromatic heterocycles. The standard InChI is InChI=1S/C49H55B5N2/c1-12-17-33-30(13-2)31-18-14-15-20-34(31)56(33)37-23-22-36-40(41(37)49(9,10)11)38-32(39-42(50)44(52)46(54)45(53)43(39)51)19-16-21-35(38)55(36)29-25-27(47(3,4)5)24-28(26-29)48(6,7)8/h2,12,14-26H,50-54H2,1,3-11H3/b17-12-. The van der Waals surface area contributed by atoms with E-state index in [1.165, 1.54) is 82.6 Å².